The summed E-state index contributed by atoms with van der Waals surface area (Å²) in [7, 11) is 0. The van der Waals surface area contributed by atoms with Crippen molar-refractivity contribution in [3.63, 3.8) is 0 Å². The first-order chi connectivity index (χ1) is 35.8. The first-order valence-corrected chi connectivity index (χ1v) is 29.9. The van der Waals surface area contributed by atoms with Gasteiger partial charge in [-0.1, -0.05) is 259 Å². The second-order valence-electron chi connectivity index (χ2n) is 20.4. The molecule has 0 aromatic rings. The molecule has 1 aliphatic heterocycles. The van der Waals surface area contributed by atoms with E-state index < -0.39 is 49.5 Å². The van der Waals surface area contributed by atoms with Crippen molar-refractivity contribution in [1.29, 1.82) is 0 Å². The highest BCUT2D eigenvalue weighted by molar-refractivity contribution is 5.76. The first-order valence-electron chi connectivity index (χ1n) is 29.9. The van der Waals surface area contributed by atoms with E-state index in [-0.39, 0.29) is 12.5 Å². The number of carbonyl (C=O) groups is 1. The molecule has 9 heteroatoms. The lowest BCUT2D eigenvalue weighted by Gasteiger charge is -2.40. The van der Waals surface area contributed by atoms with E-state index in [2.05, 4.69) is 116 Å². The maximum Gasteiger partial charge on any atom is 0.220 e. The Morgan fingerprint density at radius 2 is 0.849 bits per heavy atom. The van der Waals surface area contributed by atoms with Gasteiger partial charge in [0.1, 0.15) is 24.4 Å². The quantitative estimate of drug-likeness (QED) is 0.0261. The fraction of sp³-hybridized carbons (Fsp3) is 0.734. The van der Waals surface area contributed by atoms with Crippen LogP contribution in [-0.4, -0.2) is 87.5 Å². The van der Waals surface area contributed by atoms with Crippen molar-refractivity contribution < 1.29 is 39.8 Å². The van der Waals surface area contributed by atoms with Gasteiger partial charge < -0.3 is 40.3 Å². The highest BCUT2D eigenvalue weighted by atomic mass is 16.7. The van der Waals surface area contributed by atoms with Crippen molar-refractivity contribution in [3.05, 3.63) is 97.2 Å². The van der Waals surface area contributed by atoms with Crippen molar-refractivity contribution in [1.82, 2.24) is 5.32 Å². The Morgan fingerprint density at radius 1 is 0.479 bits per heavy atom. The van der Waals surface area contributed by atoms with Crippen LogP contribution in [0.2, 0.25) is 0 Å². The summed E-state index contributed by atoms with van der Waals surface area (Å²) < 4.78 is 11.3. The third kappa shape index (κ3) is 42.0. The number of hydrogen-bond acceptors (Lipinski definition) is 8. The van der Waals surface area contributed by atoms with Gasteiger partial charge in [-0.2, -0.15) is 0 Å². The molecule has 0 spiro atoms. The monoisotopic (exact) mass is 1020 g/mol. The van der Waals surface area contributed by atoms with Crippen molar-refractivity contribution >= 4 is 5.91 Å². The summed E-state index contributed by atoms with van der Waals surface area (Å²) in [6.45, 7) is 3.73. The van der Waals surface area contributed by atoms with Gasteiger partial charge in [-0.15, -0.1) is 0 Å². The molecule has 7 atom stereocenters. The molecule has 0 aromatic carbocycles. The van der Waals surface area contributed by atoms with E-state index >= 15 is 0 Å². The van der Waals surface area contributed by atoms with Crippen molar-refractivity contribution in [3.8, 4) is 0 Å². The lowest BCUT2D eigenvalue weighted by Crippen LogP contribution is -2.60. The van der Waals surface area contributed by atoms with E-state index in [4.69, 9.17) is 9.47 Å². The van der Waals surface area contributed by atoms with Crippen LogP contribution in [0.15, 0.2) is 97.2 Å². The average molecular weight is 1020 g/mol. The van der Waals surface area contributed by atoms with E-state index in [1.54, 1.807) is 0 Å². The average Bonchev–Trinajstić information content (AvgIpc) is 3.39. The molecule has 420 valence electrons. The maximum absolute atomic E-state index is 13.1. The molecule has 0 aromatic heterocycles. The zero-order chi connectivity index (χ0) is 52.9. The number of aliphatic hydroxyl groups excluding tert-OH is 5. The van der Waals surface area contributed by atoms with Gasteiger partial charge in [0.15, 0.2) is 6.29 Å². The van der Waals surface area contributed by atoms with Crippen LogP contribution in [0.4, 0.5) is 0 Å². The lowest BCUT2D eigenvalue weighted by atomic mass is 9.99. The Labute approximate surface area is 447 Å². The summed E-state index contributed by atoms with van der Waals surface area (Å²) in [6, 6.07) is -0.730. The van der Waals surface area contributed by atoms with Crippen LogP contribution in [-0.2, 0) is 14.3 Å². The van der Waals surface area contributed by atoms with Crippen LogP contribution >= 0.6 is 0 Å². The van der Waals surface area contributed by atoms with Crippen LogP contribution in [0.25, 0.3) is 0 Å². The third-order valence-electron chi connectivity index (χ3n) is 13.7. The van der Waals surface area contributed by atoms with Gasteiger partial charge in [-0.25, -0.2) is 0 Å². The van der Waals surface area contributed by atoms with Gasteiger partial charge >= 0.3 is 0 Å². The van der Waals surface area contributed by atoms with Crippen LogP contribution in [0.5, 0.6) is 0 Å². The Kier molecular flexibility index (Phi) is 49.0. The van der Waals surface area contributed by atoms with Gasteiger partial charge in [-0.3, -0.25) is 4.79 Å². The van der Waals surface area contributed by atoms with Crippen LogP contribution < -0.4 is 5.32 Å². The molecule has 9 nitrogen and oxygen atoms in total. The van der Waals surface area contributed by atoms with Gasteiger partial charge in [-0.05, 0) is 77.0 Å². The number of rotatable bonds is 50. The minimum Gasteiger partial charge on any atom is -0.394 e. The predicted octanol–water partition coefficient (Wildman–Crippen LogP) is 15.2. The minimum atomic E-state index is -1.56. The van der Waals surface area contributed by atoms with Crippen molar-refractivity contribution in [2.75, 3.05) is 13.2 Å². The number of hydrogen-bond donors (Lipinski definition) is 6. The SMILES string of the molecule is CC/C=C\C/C=C\C/C=C\C/C=C\C/C=C\C/C=C\C/C=C\C/C=C\CCCCCCCCCCC(=O)NC(COC1OC(CO)C(O)C(O)C1O)C(O)CCCCCCCCCCCCCCCCCCC. The summed E-state index contributed by atoms with van der Waals surface area (Å²) in [4.78, 5) is 13.1. The van der Waals surface area contributed by atoms with Crippen molar-refractivity contribution in [2.45, 2.75) is 288 Å². The van der Waals surface area contributed by atoms with Crippen LogP contribution in [0, 0.1) is 0 Å². The van der Waals surface area contributed by atoms with E-state index in [1.807, 2.05) is 0 Å². The molecule has 0 radical (unpaired) electrons. The number of nitrogens with one attached hydrogen (secondary N) is 1. The summed E-state index contributed by atoms with van der Waals surface area (Å²) in [5.41, 5.74) is 0. The van der Waals surface area contributed by atoms with Crippen LogP contribution in [0.1, 0.15) is 245 Å². The van der Waals surface area contributed by atoms with Gasteiger partial charge in [0, 0.05) is 6.42 Å². The molecular weight excluding hydrogens is 911 g/mol. The number of carbonyl (C=O) groups excluding carboxylic acids is 1. The van der Waals surface area contributed by atoms with Crippen LogP contribution in [0.3, 0.4) is 0 Å². The summed E-state index contributed by atoms with van der Waals surface area (Å²) >= 11 is 0. The van der Waals surface area contributed by atoms with Gasteiger partial charge in [0.2, 0.25) is 5.91 Å². The number of ether oxygens (including phenoxy) is 2. The summed E-state index contributed by atoms with van der Waals surface area (Å²) in [5.74, 6) is -0.155. The normalized spacial score (nSPS) is 19.8. The second-order valence-corrected chi connectivity index (χ2v) is 20.4. The first kappa shape index (κ1) is 68.1. The van der Waals surface area contributed by atoms with Crippen molar-refractivity contribution in [2.24, 2.45) is 0 Å². The topological polar surface area (TPSA) is 149 Å². The number of unbranched alkanes of at least 4 members (excludes halogenated alkanes) is 24. The fourth-order valence-electron chi connectivity index (χ4n) is 9.00. The maximum atomic E-state index is 13.1. The molecule has 0 saturated carbocycles. The number of allylic oxidation sites excluding steroid dienone is 16. The Morgan fingerprint density at radius 3 is 1.26 bits per heavy atom. The molecule has 0 bridgehead atoms. The highest BCUT2D eigenvalue weighted by Crippen LogP contribution is 2.23. The van der Waals surface area contributed by atoms with E-state index in [9.17, 15) is 30.3 Å². The van der Waals surface area contributed by atoms with E-state index in [1.165, 1.54) is 116 Å². The molecule has 73 heavy (non-hydrogen) atoms. The number of aliphatic hydroxyl groups is 5. The predicted molar refractivity (Wildman–Crippen MR) is 308 cm³/mol. The molecule has 7 unspecified atom stereocenters. The Balaban J connectivity index is 2.19. The molecule has 1 amide bonds. The molecule has 1 heterocycles. The summed E-state index contributed by atoms with van der Waals surface area (Å²) in [5, 5.41) is 54.7. The molecule has 1 rings (SSSR count). The molecule has 1 aliphatic rings. The summed E-state index contributed by atoms with van der Waals surface area (Å²) in [6.07, 6.45) is 68.6. The zero-order valence-corrected chi connectivity index (χ0v) is 46.6. The molecule has 6 N–H and O–H groups in total. The Hall–Kier alpha value is -2.89. The smallest absolute Gasteiger partial charge is 0.220 e. The van der Waals surface area contributed by atoms with E-state index in [0.29, 0.717) is 12.8 Å². The molecule has 0 aliphatic carbocycles. The Bertz CT molecular complexity index is 1460. The fourth-order valence-corrected chi connectivity index (χ4v) is 9.00. The minimum absolute atomic E-state index is 0.146. The molecular formula is C64H111NO8. The molecule has 1 fully saturated rings. The van der Waals surface area contributed by atoms with E-state index in [0.717, 1.165) is 103 Å². The van der Waals surface area contributed by atoms with Gasteiger partial charge in [0.05, 0.1) is 25.4 Å². The zero-order valence-electron chi connectivity index (χ0n) is 46.6. The lowest BCUT2D eigenvalue weighted by molar-refractivity contribution is -0.302. The largest absolute Gasteiger partial charge is 0.394 e. The standard InChI is InChI=1S/C64H111NO8/c1-3-5-7-9-11-13-15-17-19-21-22-23-24-25-26-27-28-29-30-31-32-33-34-35-36-38-40-42-44-46-48-50-52-54-60(68)65-57(56-72-64-63(71)62(70)61(69)59(55-66)73-64)58(67)53-51-49-47-45-43-41-39-37-20-18-16-14-12-10-8-6-4-2/h5,7,11,13,17,19,22-23,25-26,28-29,31-32,34-35,57-59,61-64,66-67,69-71H,3-4,6,8-10,12,14-16,18,20-21,24,27,30,33,36-56H2,1-2H3,(H,65,68)/b7-5-,13-11-,19-17-,23-22-,26-25-,29-28-,32-31-,35-34-. The van der Waals surface area contributed by atoms with Gasteiger partial charge in [0.25, 0.3) is 0 Å². The number of amides is 1. The third-order valence-corrected chi connectivity index (χ3v) is 13.7. The highest BCUT2D eigenvalue weighted by Gasteiger charge is 2.44. The molecule has 1 saturated heterocycles. The second kappa shape index (κ2) is 52.5.